The van der Waals surface area contributed by atoms with E-state index < -0.39 is 0 Å². The first-order valence-electron chi connectivity index (χ1n) is 5.96. The van der Waals surface area contributed by atoms with Crippen molar-refractivity contribution in [1.82, 2.24) is 4.57 Å². The van der Waals surface area contributed by atoms with Crippen molar-refractivity contribution in [1.29, 1.82) is 0 Å². The highest BCUT2D eigenvalue weighted by Crippen LogP contribution is 2.38. The number of hydrogen-bond acceptors (Lipinski definition) is 1. The Morgan fingerprint density at radius 2 is 1.85 bits per heavy atom. The highest BCUT2D eigenvalue weighted by Gasteiger charge is 2.12. The molecule has 0 radical (unpaired) electrons. The molecule has 1 N–H and O–H groups in total. The number of benzene rings is 2. The largest absolute Gasteiger partial charge is 0.505 e. The molecule has 2 aromatic carbocycles. The summed E-state index contributed by atoms with van der Waals surface area (Å²) in [6.45, 7) is 0.654. The predicted molar refractivity (Wildman–Crippen MR) is 84.2 cm³/mol. The van der Waals surface area contributed by atoms with E-state index in [-0.39, 0.29) is 15.8 Å². The fourth-order valence-electron chi connectivity index (χ4n) is 2.22. The van der Waals surface area contributed by atoms with Crippen LogP contribution >= 0.6 is 34.8 Å². The molecule has 0 saturated carbocycles. The lowest BCUT2D eigenvalue weighted by Gasteiger charge is -2.08. The molecule has 0 amide bonds. The minimum Gasteiger partial charge on any atom is -0.505 e. The van der Waals surface area contributed by atoms with E-state index in [2.05, 4.69) is 0 Å². The lowest BCUT2D eigenvalue weighted by molar-refractivity contribution is 0.476. The number of phenols is 1. The zero-order valence-electron chi connectivity index (χ0n) is 10.3. The number of phenolic OH excluding ortho intramolecular Hbond substituents is 1. The van der Waals surface area contributed by atoms with Crippen LogP contribution < -0.4 is 0 Å². The van der Waals surface area contributed by atoms with Crippen molar-refractivity contribution in [2.75, 3.05) is 0 Å². The molecule has 1 heterocycles. The van der Waals surface area contributed by atoms with Crippen LogP contribution in [0.2, 0.25) is 15.1 Å². The summed E-state index contributed by atoms with van der Waals surface area (Å²) in [5.41, 5.74) is 1.95. The highest BCUT2D eigenvalue weighted by atomic mass is 35.5. The summed E-state index contributed by atoms with van der Waals surface area (Å²) in [5, 5.41) is 11.7. The Hall–Kier alpha value is -1.35. The van der Waals surface area contributed by atoms with Crippen molar-refractivity contribution in [3.05, 3.63) is 63.2 Å². The second kappa shape index (κ2) is 5.21. The SMILES string of the molecule is Oc1c(Cl)cc2c(ccn2Cc2cccc(Cl)c2)c1Cl. The molecule has 0 spiro atoms. The smallest absolute Gasteiger partial charge is 0.153 e. The third kappa shape index (κ3) is 2.35. The molecule has 3 rings (SSSR count). The Balaban J connectivity index is 2.09. The molecular weight excluding hydrogens is 317 g/mol. The van der Waals surface area contributed by atoms with Crippen LogP contribution in [0, 0.1) is 0 Å². The zero-order chi connectivity index (χ0) is 14.3. The minimum absolute atomic E-state index is 0.0821. The van der Waals surface area contributed by atoms with Crippen molar-refractivity contribution in [2.24, 2.45) is 0 Å². The Morgan fingerprint density at radius 3 is 2.60 bits per heavy atom. The van der Waals surface area contributed by atoms with Gasteiger partial charge in [-0.25, -0.2) is 0 Å². The van der Waals surface area contributed by atoms with Gasteiger partial charge < -0.3 is 9.67 Å². The third-order valence-electron chi connectivity index (χ3n) is 3.18. The fourth-order valence-corrected chi connectivity index (χ4v) is 2.94. The maximum Gasteiger partial charge on any atom is 0.153 e. The topological polar surface area (TPSA) is 25.2 Å². The van der Waals surface area contributed by atoms with Gasteiger partial charge in [0.1, 0.15) is 0 Å². The Bertz CT molecular complexity index is 795. The number of nitrogens with zero attached hydrogens (tertiary/aromatic N) is 1. The van der Waals surface area contributed by atoms with Crippen LogP contribution in [-0.4, -0.2) is 9.67 Å². The van der Waals surface area contributed by atoms with Crippen LogP contribution in [0.4, 0.5) is 0 Å². The standard InChI is InChI=1S/C15H10Cl3NO/c16-10-3-1-2-9(6-10)8-19-5-4-11-13(19)7-12(17)15(20)14(11)18/h1-7,20H,8H2. The van der Waals surface area contributed by atoms with Crippen molar-refractivity contribution < 1.29 is 5.11 Å². The van der Waals surface area contributed by atoms with Crippen LogP contribution in [0.25, 0.3) is 10.9 Å². The summed E-state index contributed by atoms with van der Waals surface area (Å²) in [6.07, 6.45) is 1.91. The number of aromatic hydroxyl groups is 1. The van der Waals surface area contributed by atoms with Gasteiger partial charge in [0.15, 0.2) is 5.75 Å². The van der Waals surface area contributed by atoms with E-state index in [0.29, 0.717) is 11.6 Å². The monoisotopic (exact) mass is 325 g/mol. The van der Waals surface area contributed by atoms with Crippen molar-refractivity contribution in [3.8, 4) is 5.75 Å². The summed E-state index contributed by atoms with van der Waals surface area (Å²) in [6, 6.07) is 11.2. The van der Waals surface area contributed by atoms with E-state index in [4.69, 9.17) is 34.8 Å². The van der Waals surface area contributed by atoms with Gasteiger partial charge in [-0.15, -0.1) is 0 Å². The first-order chi connectivity index (χ1) is 9.56. The Labute approximate surface area is 131 Å². The summed E-state index contributed by atoms with van der Waals surface area (Å²) in [4.78, 5) is 0. The normalized spacial score (nSPS) is 11.2. The van der Waals surface area contributed by atoms with Crippen LogP contribution in [0.15, 0.2) is 42.6 Å². The van der Waals surface area contributed by atoms with E-state index in [1.807, 2.05) is 41.1 Å². The zero-order valence-corrected chi connectivity index (χ0v) is 12.5. The van der Waals surface area contributed by atoms with Gasteiger partial charge >= 0.3 is 0 Å². The van der Waals surface area contributed by atoms with Gasteiger partial charge in [-0.05, 0) is 29.8 Å². The van der Waals surface area contributed by atoms with Crippen LogP contribution in [-0.2, 0) is 6.54 Å². The van der Waals surface area contributed by atoms with Crippen molar-refractivity contribution >= 4 is 45.7 Å². The molecular formula is C15H10Cl3NO. The van der Waals surface area contributed by atoms with E-state index >= 15 is 0 Å². The quantitative estimate of drug-likeness (QED) is 0.674. The Morgan fingerprint density at radius 1 is 1.05 bits per heavy atom. The molecule has 3 aromatic rings. The molecule has 2 nitrogen and oxygen atoms in total. The second-order valence-corrected chi connectivity index (χ2v) is 5.75. The summed E-state index contributed by atoms with van der Waals surface area (Å²) in [5.74, 6) is -0.0821. The van der Waals surface area contributed by atoms with E-state index in [0.717, 1.165) is 16.5 Å². The molecule has 0 atom stereocenters. The maximum absolute atomic E-state index is 9.75. The molecule has 0 saturated heterocycles. The molecule has 0 aliphatic heterocycles. The average molecular weight is 327 g/mol. The number of halogens is 3. The summed E-state index contributed by atoms with van der Waals surface area (Å²) >= 11 is 18.1. The van der Waals surface area contributed by atoms with Gasteiger partial charge in [-0.3, -0.25) is 0 Å². The fraction of sp³-hybridized carbons (Fsp3) is 0.0667. The van der Waals surface area contributed by atoms with Crippen LogP contribution in [0.1, 0.15) is 5.56 Å². The predicted octanol–water partition coefficient (Wildman–Crippen LogP) is 5.36. The summed E-state index contributed by atoms with van der Waals surface area (Å²) < 4.78 is 2.01. The van der Waals surface area contributed by atoms with Crippen LogP contribution in [0.5, 0.6) is 5.75 Å². The van der Waals surface area contributed by atoms with Gasteiger partial charge in [-0.1, -0.05) is 46.9 Å². The molecule has 0 aliphatic carbocycles. The molecule has 0 fully saturated rings. The van der Waals surface area contributed by atoms with Gasteiger partial charge in [0.05, 0.1) is 15.6 Å². The number of hydrogen-bond donors (Lipinski definition) is 1. The van der Waals surface area contributed by atoms with Crippen molar-refractivity contribution in [3.63, 3.8) is 0 Å². The summed E-state index contributed by atoms with van der Waals surface area (Å²) in [7, 11) is 0. The molecule has 102 valence electrons. The van der Waals surface area contributed by atoms with Gasteiger partial charge in [-0.2, -0.15) is 0 Å². The molecule has 0 unspecified atom stereocenters. The maximum atomic E-state index is 9.75. The molecule has 20 heavy (non-hydrogen) atoms. The van der Waals surface area contributed by atoms with Crippen LogP contribution in [0.3, 0.4) is 0 Å². The lowest BCUT2D eigenvalue weighted by Crippen LogP contribution is -1.97. The van der Waals surface area contributed by atoms with Gasteiger partial charge in [0.2, 0.25) is 0 Å². The number of aromatic nitrogens is 1. The minimum atomic E-state index is -0.0821. The van der Waals surface area contributed by atoms with Gasteiger partial charge in [0.25, 0.3) is 0 Å². The number of rotatable bonds is 2. The second-order valence-electron chi connectivity index (χ2n) is 4.53. The Kier molecular flexibility index (Phi) is 3.55. The van der Waals surface area contributed by atoms with Crippen molar-refractivity contribution in [2.45, 2.75) is 6.54 Å². The molecule has 5 heteroatoms. The average Bonchev–Trinajstić information content (AvgIpc) is 2.79. The third-order valence-corrected chi connectivity index (χ3v) is 4.09. The first kappa shape index (κ1) is 13.6. The van der Waals surface area contributed by atoms with E-state index in [1.54, 1.807) is 6.07 Å². The molecule has 1 aromatic heterocycles. The lowest BCUT2D eigenvalue weighted by atomic mass is 10.2. The highest BCUT2D eigenvalue weighted by molar-refractivity contribution is 6.41. The molecule has 0 aliphatic rings. The van der Waals surface area contributed by atoms with E-state index in [9.17, 15) is 5.11 Å². The number of fused-ring (bicyclic) bond motifs is 1. The molecule has 0 bridgehead atoms. The van der Waals surface area contributed by atoms with Gasteiger partial charge in [0, 0.05) is 23.2 Å². The van der Waals surface area contributed by atoms with E-state index in [1.165, 1.54) is 0 Å². The first-order valence-corrected chi connectivity index (χ1v) is 7.10.